The van der Waals surface area contributed by atoms with Gasteiger partial charge >= 0.3 is 0 Å². The molecule has 4 nitrogen and oxygen atoms in total. The molecule has 1 fully saturated rings. The van der Waals surface area contributed by atoms with E-state index in [1.54, 1.807) is 7.05 Å². The first-order valence-electron chi connectivity index (χ1n) is 6.06. The molecule has 1 aromatic carbocycles. The van der Waals surface area contributed by atoms with Gasteiger partial charge in [0, 0.05) is 6.07 Å². The van der Waals surface area contributed by atoms with Crippen molar-refractivity contribution in [3.63, 3.8) is 0 Å². The van der Waals surface area contributed by atoms with E-state index in [-0.39, 0.29) is 18.3 Å². The summed E-state index contributed by atoms with van der Waals surface area (Å²) in [5, 5.41) is 2.88. The number of nitrogens with one attached hydrogen (secondary N) is 1. The van der Waals surface area contributed by atoms with Crippen molar-refractivity contribution in [2.45, 2.75) is 18.4 Å². The van der Waals surface area contributed by atoms with Crippen molar-refractivity contribution in [3.8, 4) is 5.75 Å². The van der Waals surface area contributed by atoms with Gasteiger partial charge in [-0.2, -0.15) is 0 Å². The van der Waals surface area contributed by atoms with Gasteiger partial charge in [0.05, 0.1) is 0 Å². The summed E-state index contributed by atoms with van der Waals surface area (Å²) >= 11 is 0. The molecule has 0 aliphatic heterocycles. The van der Waals surface area contributed by atoms with Crippen LogP contribution in [-0.2, 0) is 4.79 Å². The molecule has 1 aromatic rings. The summed E-state index contributed by atoms with van der Waals surface area (Å²) in [7, 11) is 1.62. The number of nitrogens with two attached hydrogens (primary N) is 1. The molecule has 1 saturated carbocycles. The minimum absolute atomic E-state index is 0.0773. The Hall–Kier alpha value is -1.69. The van der Waals surface area contributed by atoms with E-state index in [0.29, 0.717) is 0 Å². The molecule has 6 heteroatoms. The van der Waals surface area contributed by atoms with Crippen LogP contribution in [0.15, 0.2) is 18.2 Å². The van der Waals surface area contributed by atoms with Gasteiger partial charge < -0.3 is 15.8 Å². The van der Waals surface area contributed by atoms with Crippen LogP contribution in [0.4, 0.5) is 8.78 Å². The number of carbonyl (C=O) groups excluding carboxylic acids is 1. The van der Waals surface area contributed by atoms with E-state index in [9.17, 15) is 13.6 Å². The lowest BCUT2D eigenvalue weighted by molar-refractivity contribution is -0.126. The maximum absolute atomic E-state index is 13.4. The highest BCUT2D eigenvalue weighted by atomic mass is 19.1. The summed E-state index contributed by atoms with van der Waals surface area (Å²) in [6, 6.07) is 3.03. The second kappa shape index (κ2) is 5.13. The Kier molecular flexibility index (Phi) is 3.71. The predicted octanol–water partition coefficient (Wildman–Crippen LogP) is 1.20. The molecule has 1 aliphatic carbocycles. The zero-order valence-corrected chi connectivity index (χ0v) is 10.6. The molecule has 2 rings (SSSR count). The molecular formula is C13H16F2N2O2. The number of carbonyl (C=O) groups is 1. The van der Waals surface area contributed by atoms with Crippen molar-refractivity contribution >= 4 is 5.91 Å². The van der Waals surface area contributed by atoms with Crippen LogP contribution in [0.2, 0.25) is 0 Å². The molecule has 1 unspecified atom stereocenters. The highest BCUT2D eigenvalue weighted by Crippen LogP contribution is 2.40. The zero-order chi connectivity index (χ0) is 14.0. The molecular weight excluding hydrogens is 254 g/mol. The maximum atomic E-state index is 13.4. The minimum atomic E-state index is -0.999. The first kappa shape index (κ1) is 13.7. The number of hydrogen-bond acceptors (Lipinski definition) is 3. The third kappa shape index (κ3) is 2.68. The molecule has 3 N–H and O–H groups in total. The minimum Gasteiger partial charge on any atom is -0.488 e. The van der Waals surface area contributed by atoms with Crippen LogP contribution >= 0.6 is 0 Å². The van der Waals surface area contributed by atoms with Crippen LogP contribution in [0, 0.1) is 17.6 Å². The fraction of sp³-hybridized carbons (Fsp3) is 0.462. The number of halogens is 2. The maximum Gasteiger partial charge on any atom is 0.241 e. The Labute approximate surface area is 109 Å². The zero-order valence-electron chi connectivity index (χ0n) is 10.6. The molecule has 0 aromatic heterocycles. The van der Waals surface area contributed by atoms with Gasteiger partial charge in [-0.05, 0) is 37.9 Å². The Balaban J connectivity index is 2.12. The van der Waals surface area contributed by atoms with Crippen LogP contribution in [0.25, 0.3) is 0 Å². The van der Waals surface area contributed by atoms with E-state index in [4.69, 9.17) is 10.5 Å². The first-order valence-corrected chi connectivity index (χ1v) is 6.06. The van der Waals surface area contributed by atoms with Crippen molar-refractivity contribution in [2.24, 2.45) is 11.7 Å². The monoisotopic (exact) mass is 270 g/mol. The molecule has 1 atom stereocenters. The molecule has 19 heavy (non-hydrogen) atoms. The number of amides is 1. The Morgan fingerprint density at radius 3 is 2.68 bits per heavy atom. The van der Waals surface area contributed by atoms with Gasteiger partial charge in [0.25, 0.3) is 0 Å². The molecule has 0 heterocycles. The van der Waals surface area contributed by atoms with E-state index in [0.717, 1.165) is 25.0 Å². The summed E-state index contributed by atoms with van der Waals surface area (Å²) in [5.74, 6) is -2.01. The lowest BCUT2D eigenvalue weighted by Gasteiger charge is -2.30. The summed E-state index contributed by atoms with van der Waals surface area (Å²) < 4.78 is 31.5. The normalized spacial score (nSPS) is 17.8. The van der Waals surface area contributed by atoms with E-state index in [2.05, 4.69) is 5.32 Å². The third-order valence-electron chi connectivity index (χ3n) is 3.51. The van der Waals surface area contributed by atoms with E-state index in [1.165, 1.54) is 6.07 Å². The van der Waals surface area contributed by atoms with Gasteiger partial charge in [-0.25, -0.2) is 8.78 Å². The van der Waals surface area contributed by atoms with Crippen molar-refractivity contribution in [1.82, 2.24) is 5.32 Å². The first-order chi connectivity index (χ1) is 8.99. The standard InChI is InChI=1S/C13H16F2N2O2/c1-17-13(12(16)18,8-2-3-8)7-19-11-5-4-9(14)6-10(11)15/h4-6,8,17H,2-3,7H2,1H3,(H2,16,18). The molecule has 0 bridgehead atoms. The van der Waals surface area contributed by atoms with Crippen LogP contribution in [0.3, 0.4) is 0 Å². The number of likely N-dealkylation sites (N-methyl/N-ethyl adjacent to an activating group) is 1. The van der Waals surface area contributed by atoms with Gasteiger partial charge in [-0.15, -0.1) is 0 Å². The number of benzene rings is 1. The highest BCUT2D eigenvalue weighted by Gasteiger charge is 2.49. The van der Waals surface area contributed by atoms with E-state index < -0.39 is 23.1 Å². The average Bonchev–Trinajstić information content (AvgIpc) is 3.17. The quantitative estimate of drug-likeness (QED) is 0.816. The van der Waals surface area contributed by atoms with E-state index >= 15 is 0 Å². The van der Waals surface area contributed by atoms with Gasteiger partial charge in [0.2, 0.25) is 5.91 Å². The number of rotatable bonds is 6. The van der Waals surface area contributed by atoms with E-state index in [1.807, 2.05) is 0 Å². The topological polar surface area (TPSA) is 64.3 Å². The van der Waals surface area contributed by atoms with Gasteiger partial charge in [0.15, 0.2) is 11.6 Å². The smallest absolute Gasteiger partial charge is 0.241 e. The molecule has 104 valence electrons. The predicted molar refractivity (Wildman–Crippen MR) is 65.6 cm³/mol. The fourth-order valence-electron chi connectivity index (χ4n) is 2.15. The average molecular weight is 270 g/mol. The SMILES string of the molecule is CNC(COc1ccc(F)cc1F)(C(N)=O)C1CC1. The van der Waals surface area contributed by atoms with Gasteiger partial charge in [-0.1, -0.05) is 0 Å². The molecule has 0 radical (unpaired) electrons. The van der Waals surface area contributed by atoms with Crippen LogP contribution in [-0.4, -0.2) is 25.1 Å². The summed E-state index contributed by atoms with van der Waals surface area (Å²) in [4.78, 5) is 11.6. The lowest BCUT2D eigenvalue weighted by Crippen LogP contribution is -2.59. The summed E-state index contributed by atoms with van der Waals surface area (Å²) in [5.41, 5.74) is 4.42. The van der Waals surface area contributed by atoms with Crippen molar-refractivity contribution in [2.75, 3.05) is 13.7 Å². The molecule has 0 saturated heterocycles. The van der Waals surface area contributed by atoms with Crippen molar-refractivity contribution in [1.29, 1.82) is 0 Å². The van der Waals surface area contributed by atoms with Crippen LogP contribution in [0.1, 0.15) is 12.8 Å². The largest absolute Gasteiger partial charge is 0.488 e. The summed E-state index contributed by atoms with van der Waals surface area (Å²) in [6.45, 7) is -0.0773. The van der Waals surface area contributed by atoms with Crippen LogP contribution < -0.4 is 15.8 Å². The Bertz CT molecular complexity index is 492. The number of primary amides is 1. The van der Waals surface area contributed by atoms with Crippen molar-refractivity contribution in [3.05, 3.63) is 29.8 Å². The second-order valence-corrected chi connectivity index (χ2v) is 4.72. The molecule has 0 spiro atoms. The van der Waals surface area contributed by atoms with Gasteiger partial charge in [0.1, 0.15) is 18.0 Å². The fourth-order valence-corrected chi connectivity index (χ4v) is 2.15. The van der Waals surface area contributed by atoms with Crippen LogP contribution in [0.5, 0.6) is 5.75 Å². The summed E-state index contributed by atoms with van der Waals surface area (Å²) in [6.07, 6.45) is 1.75. The third-order valence-corrected chi connectivity index (χ3v) is 3.51. The second-order valence-electron chi connectivity index (χ2n) is 4.72. The number of ether oxygens (including phenoxy) is 1. The molecule has 1 amide bonds. The number of hydrogen-bond donors (Lipinski definition) is 2. The molecule has 1 aliphatic rings. The Morgan fingerprint density at radius 1 is 1.53 bits per heavy atom. The lowest BCUT2D eigenvalue weighted by atomic mass is 9.93. The highest BCUT2D eigenvalue weighted by molar-refractivity contribution is 5.85. The van der Waals surface area contributed by atoms with Crippen molar-refractivity contribution < 1.29 is 18.3 Å². The van der Waals surface area contributed by atoms with Gasteiger partial charge in [-0.3, -0.25) is 4.79 Å². The Morgan fingerprint density at radius 2 is 2.21 bits per heavy atom.